The van der Waals surface area contributed by atoms with E-state index in [1.807, 2.05) is 12.1 Å². The Morgan fingerprint density at radius 1 is 0.654 bits per heavy atom. The van der Waals surface area contributed by atoms with Gasteiger partial charge in [0.2, 0.25) is 65.0 Å². The third-order valence-electron chi connectivity index (χ3n) is 18.3. The number of methoxy groups -OCH3 is 1. The summed E-state index contributed by atoms with van der Waals surface area (Å²) in [6.45, 7) is 14.3. The first-order valence-corrected chi connectivity index (χ1v) is 35.1. The minimum absolute atomic E-state index is 0.0721. The van der Waals surface area contributed by atoms with Crippen LogP contribution in [0.1, 0.15) is 134 Å². The number of likely N-dealkylation sites (N-methyl/N-ethyl adjacent to an activating group) is 1. The highest BCUT2D eigenvalue weighted by Crippen LogP contribution is 2.31. The van der Waals surface area contributed by atoms with Gasteiger partial charge in [-0.15, -0.1) is 0 Å². The Balaban J connectivity index is 1.21. The number of ether oxygens (including phenoxy) is 3. The van der Waals surface area contributed by atoms with Gasteiger partial charge in [0.05, 0.1) is 25.4 Å². The van der Waals surface area contributed by atoms with Gasteiger partial charge in [-0.1, -0.05) is 60.7 Å². The summed E-state index contributed by atoms with van der Waals surface area (Å²) in [5.41, 5.74) is 0.594. The molecule has 9 rings (SSSR count). The van der Waals surface area contributed by atoms with Crippen LogP contribution in [0.15, 0.2) is 97.2 Å². The zero-order chi connectivity index (χ0) is 75.8. The van der Waals surface area contributed by atoms with Gasteiger partial charge in [0, 0.05) is 88.9 Å². The monoisotopic (exact) mass is 1440 g/mol. The van der Waals surface area contributed by atoms with Crippen molar-refractivity contribution >= 4 is 82.0 Å². The number of carbonyl (C=O) groups excluding carboxylic acids is 12. The van der Waals surface area contributed by atoms with Gasteiger partial charge in [-0.3, -0.25) is 52.7 Å². The van der Waals surface area contributed by atoms with E-state index in [1.54, 1.807) is 116 Å². The predicted molar refractivity (Wildman–Crippen MR) is 382 cm³/mol. The zero-order valence-corrected chi connectivity index (χ0v) is 60.9. The molecule has 29 heteroatoms. The third kappa shape index (κ3) is 22.3. The highest BCUT2D eigenvalue weighted by Gasteiger charge is 2.48. The molecule has 4 aliphatic heterocycles. The molecule has 5 heterocycles. The maximum absolute atomic E-state index is 15.7. The van der Waals surface area contributed by atoms with Crippen LogP contribution in [0.25, 0.3) is 10.9 Å². The first kappa shape index (κ1) is 79.3. The molecule has 1 saturated heterocycles. The zero-order valence-electron chi connectivity index (χ0n) is 60.9. The van der Waals surface area contributed by atoms with Crippen LogP contribution in [-0.4, -0.2) is 185 Å². The Morgan fingerprint density at radius 3 is 1.99 bits per heavy atom. The molecule has 0 radical (unpaired) electrons. The Bertz CT molecular complexity index is 3970. The summed E-state index contributed by atoms with van der Waals surface area (Å²) in [6, 6.07) is 13.7. The number of hydrogen-bond donors (Lipinski definition) is 11. The largest absolute Gasteiger partial charge is 0.497 e. The number of fused-ring (bicyclic) bond motifs is 26. The molecule has 0 aliphatic carbocycles. The highest BCUT2D eigenvalue weighted by atomic mass is 19.1. The molecule has 12 amide bonds. The molecule has 104 heavy (non-hydrogen) atoms. The standard InChI is InChI=1S/C75H98FN13O15/c1-43-64(93)86-58(42-81-72(101)104-74(6,7)8)66(95)83-55-36-48-14-12-15-49(34-48)40-80-60(90)27-26-59(88(10)69(98)57(84-65(55)94)37-50-41-78-54-25-22-51(76)38-53(50)54)67(96)87-63(44(2)103-73(3,4)5)68(97)85-56(35-46-20-23-52(102-11)24-21-46)70(99)89-33-13-31-75(89,9)71(100)77-32-30-45-16-18-47(19-17-45)39-79-61(91)28-29-62(92)82-43/h12,14-25,34,38,41,43-44,55-59,63,78H,13,26-33,35-37,39-40,42H2,1-11H3,(H,77,100)(H,79,91)(H,80,90)(H,81,101)(H,82,92)(H,83,95)(H,84,94)(H,85,97)(H,86,93)(H,87,96)/t43-,44+,55-,56-,57-,58+,59-,63-,75-/m0/s1. The number of rotatable bonds is 9. The molecule has 0 unspecified atom stereocenters. The summed E-state index contributed by atoms with van der Waals surface area (Å²) in [4.78, 5) is 180. The molecule has 5 aromatic rings. The number of nitrogens with zero attached hydrogens (tertiary/aromatic N) is 2. The lowest BCUT2D eigenvalue weighted by molar-refractivity contribution is -0.148. The van der Waals surface area contributed by atoms with Crippen molar-refractivity contribution in [3.63, 3.8) is 0 Å². The van der Waals surface area contributed by atoms with Crippen molar-refractivity contribution in [1.29, 1.82) is 0 Å². The van der Waals surface area contributed by atoms with Gasteiger partial charge in [0.1, 0.15) is 65.0 Å². The van der Waals surface area contributed by atoms with E-state index < -0.39 is 149 Å². The first-order valence-electron chi connectivity index (χ1n) is 35.1. The van der Waals surface area contributed by atoms with E-state index in [0.29, 0.717) is 51.7 Å². The van der Waals surface area contributed by atoms with Crippen LogP contribution >= 0.6 is 0 Å². The number of halogens is 1. The van der Waals surface area contributed by atoms with Crippen molar-refractivity contribution in [1.82, 2.24) is 68.0 Å². The molecular weight excluding hydrogens is 1340 g/mol. The molecule has 560 valence electrons. The van der Waals surface area contributed by atoms with E-state index in [0.717, 1.165) is 16.0 Å². The van der Waals surface area contributed by atoms with Gasteiger partial charge in [-0.05, 0) is 152 Å². The van der Waals surface area contributed by atoms with Crippen molar-refractivity contribution in [2.75, 3.05) is 33.8 Å². The topological polar surface area (TPSA) is 375 Å². The number of carbonyl (C=O) groups is 12. The second-order valence-electron chi connectivity index (χ2n) is 28.9. The van der Waals surface area contributed by atoms with Gasteiger partial charge in [-0.2, -0.15) is 0 Å². The molecular formula is C75H98FN13O15. The van der Waals surface area contributed by atoms with Crippen LogP contribution < -0.4 is 57.9 Å². The van der Waals surface area contributed by atoms with Crippen LogP contribution in [0.5, 0.6) is 5.75 Å². The number of hydrogen-bond acceptors (Lipinski definition) is 15. The fourth-order valence-electron chi connectivity index (χ4n) is 12.8. The summed E-state index contributed by atoms with van der Waals surface area (Å²) in [6.07, 6.45) is -1.68. The van der Waals surface area contributed by atoms with Crippen LogP contribution in [0.2, 0.25) is 0 Å². The van der Waals surface area contributed by atoms with Crippen LogP contribution in [-0.2, 0) is 101 Å². The number of aromatic nitrogens is 1. The SMILES string of the molecule is COc1ccc(C[C@@H]2NC(=O)[C@H]([C@@H](C)OC(C)(C)C)NC(=O)[C@@H]3CCC(=O)NCc4cccc(c4)C[C@H](NC(=O)[C@@H](CNC(=O)OC(C)(C)C)NC(=O)[C@H](C)NC(=O)CCC(=O)NCc4ccc(cc4)CCNC(=O)[C@]4(C)CCCN4C2=O)C(=O)N[C@@H](Cc2c[nH]c4ccc(F)cc24)C(=O)N3C)cc1. The lowest BCUT2D eigenvalue weighted by Crippen LogP contribution is -2.64. The van der Waals surface area contributed by atoms with E-state index in [9.17, 15) is 33.6 Å². The molecule has 11 N–H and O–H groups in total. The first-order chi connectivity index (χ1) is 49.1. The molecule has 9 atom stereocenters. The summed E-state index contributed by atoms with van der Waals surface area (Å²) in [5, 5.41) is 27.8. The van der Waals surface area contributed by atoms with Crippen molar-refractivity contribution in [3.8, 4) is 5.75 Å². The second-order valence-corrected chi connectivity index (χ2v) is 28.9. The van der Waals surface area contributed by atoms with E-state index >= 15 is 28.4 Å². The molecule has 1 fully saturated rings. The number of nitrogens with one attached hydrogen (secondary N) is 11. The molecule has 1 aromatic heterocycles. The fourth-order valence-corrected chi connectivity index (χ4v) is 12.8. The number of H-pyrrole nitrogens is 1. The number of aromatic amines is 1. The van der Waals surface area contributed by atoms with E-state index in [2.05, 4.69) is 58.2 Å². The van der Waals surface area contributed by atoms with E-state index in [1.165, 1.54) is 50.4 Å². The van der Waals surface area contributed by atoms with Gasteiger partial charge < -0.3 is 82.2 Å². The maximum Gasteiger partial charge on any atom is 0.407 e. The third-order valence-corrected chi connectivity index (χ3v) is 18.3. The fraction of sp³-hybridized carbons (Fsp3) is 0.493. The maximum atomic E-state index is 15.7. The van der Waals surface area contributed by atoms with Crippen LogP contribution in [0.3, 0.4) is 0 Å². The van der Waals surface area contributed by atoms with Crippen LogP contribution in [0.4, 0.5) is 9.18 Å². The minimum atomic E-state index is -1.70. The highest BCUT2D eigenvalue weighted by molar-refractivity contribution is 6.00. The van der Waals surface area contributed by atoms with Crippen molar-refractivity contribution in [2.45, 2.75) is 205 Å². The molecule has 0 spiro atoms. The summed E-state index contributed by atoms with van der Waals surface area (Å²) >= 11 is 0. The number of benzene rings is 4. The number of amides is 12. The van der Waals surface area contributed by atoms with Gasteiger partial charge in [0.25, 0.3) is 0 Å². The quantitative estimate of drug-likeness (QED) is 0.0943. The Hall–Kier alpha value is -10.5. The lowest BCUT2D eigenvalue weighted by atomic mass is 9.95. The molecule has 28 nitrogen and oxygen atoms in total. The summed E-state index contributed by atoms with van der Waals surface area (Å²) in [5.74, 6) is -8.60. The molecule has 4 aromatic carbocycles. The van der Waals surface area contributed by atoms with Crippen LogP contribution in [0, 0.1) is 5.82 Å². The second kappa shape index (κ2) is 35.2. The summed E-state index contributed by atoms with van der Waals surface area (Å²) < 4.78 is 32.4. The average Bonchev–Trinajstić information content (AvgIpc) is 1.58. The Labute approximate surface area is 604 Å². The van der Waals surface area contributed by atoms with Gasteiger partial charge in [-0.25, -0.2) is 9.18 Å². The minimum Gasteiger partial charge on any atom is -0.497 e. The predicted octanol–water partition coefficient (Wildman–Crippen LogP) is 3.39. The van der Waals surface area contributed by atoms with Crippen molar-refractivity contribution in [3.05, 3.63) is 136 Å². The normalized spacial score (nSPS) is 23.7. The average molecular weight is 1440 g/mol. The lowest BCUT2D eigenvalue weighted by Gasteiger charge is -2.37. The number of alkyl carbamates (subject to hydrolysis) is 1. The smallest absolute Gasteiger partial charge is 0.407 e. The molecule has 4 aliphatic rings. The molecule has 0 saturated carbocycles. The van der Waals surface area contributed by atoms with Gasteiger partial charge >= 0.3 is 6.09 Å². The van der Waals surface area contributed by atoms with Crippen molar-refractivity contribution < 1.29 is 76.1 Å². The van der Waals surface area contributed by atoms with E-state index in [4.69, 9.17) is 14.2 Å². The van der Waals surface area contributed by atoms with Gasteiger partial charge in [0.15, 0.2) is 0 Å². The van der Waals surface area contributed by atoms with Crippen molar-refractivity contribution in [2.24, 2.45) is 0 Å². The Morgan fingerprint density at radius 2 is 1.30 bits per heavy atom. The van der Waals surface area contributed by atoms with E-state index in [-0.39, 0.29) is 77.5 Å². The summed E-state index contributed by atoms with van der Waals surface area (Å²) in [7, 11) is 2.77. The molecule has 6 bridgehead atoms. The Kier molecular flexibility index (Phi) is 26.8.